The van der Waals surface area contributed by atoms with E-state index >= 15 is 0 Å². The number of benzene rings is 2. The van der Waals surface area contributed by atoms with Crippen molar-refractivity contribution in [2.75, 3.05) is 19.2 Å². The molecule has 4 rings (SSSR count). The molecule has 0 bridgehead atoms. The second-order valence-electron chi connectivity index (χ2n) is 5.90. The molecule has 28 heavy (non-hydrogen) atoms. The number of fused-ring (bicyclic) bond motifs is 1. The number of hydrogen-bond acceptors (Lipinski definition) is 8. The van der Waals surface area contributed by atoms with E-state index in [9.17, 15) is 5.26 Å². The summed E-state index contributed by atoms with van der Waals surface area (Å²) in [7, 11) is 1.60. The van der Waals surface area contributed by atoms with Crippen LogP contribution < -0.4 is 24.3 Å². The van der Waals surface area contributed by atoms with Crippen molar-refractivity contribution in [1.29, 1.82) is 5.26 Å². The van der Waals surface area contributed by atoms with Crippen LogP contribution in [0.4, 0.5) is 5.88 Å². The van der Waals surface area contributed by atoms with Crippen LogP contribution in [0, 0.1) is 11.3 Å². The monoisotopic (exact) mass is 379 g/mol. The molecule has 1 aromatic heterocycles. The molecule has 0 spiro atoms. The smallest absolute Gasteiger partial charge is 0.236 e. The minimum absolute atomic E-state index is 0.104. The lowest BCUT2D eigenvalue weighted by atomic mass is 10.2. The molecule has 2 aromatic carbocycles. The highest BCUT2D eigenvalue weighted by Crippen LogP contribution is 2.32. The summed E-state index contributed by atoms with van der Waals surface area (Å²) in [4.78, 5) is 4.16. The van der Waals surface area contributed by atoms with Crippen LogP contribution in [0.5, 0.6) is 23.0 Å². The zero-order valence-electron chi connectivity index (χ0n) is 15.1. The summed E-state index contributed by atoms with van der Waals surface area (Å²) in [6, 6.07) is 14.8. The summed E-state index contributed by atoms with van der Waals surface area (Å²) in [6.45, 7) is 0.774. The van der Waals surface area contributed by atoms with E-state index in [1.54, 1.807) is 31.4 Å². The van der Waals surface area contributed by atoms with Crippen molar-refractivity contribution in [3.05, 3.63) is 59.6 Å². The van der Waals surface area contributed by atoms with Crippen LogP contribution in [0.3, 0.4) is 0 Å². The predicted octanol–water partition coefficient (Wildman–Crippen LogP) is 3.47. The van der Waals surface area contributed by atoms with Gasteiger partial charge in [-0.1, -0.05) is 6.07 Å². The highest BCUT2D eigenvalue weighted by molar-refractivity contribution is 5.48. The fourth-order valence-corrected chi connectivity index (χ4v) is 2.67. The number of anilines is 1. The molecule has 8 heteroatoms. The van der Waals surface area contributed by atoms with Crippen LogP contribution in [-0.4, -0.2) is 18.9 Å². The van der Waals surface area contributed by atoms with E-state index in [2.05, 4.69) is 10.3 Å². The number of rotatable bonds is 7. The van der Waals surface area contributed by atoms with E-state index in [1.165, 1.54) is 0 Å². The van der Waals surface area contributed by atoms with Crippen molar-refractivity contribution < 1.29 is 23.4 Å². The van der Waals surface area contributed by atoms with Gasteiger partial charge in [-0.2, -0.15) is 10.2 Å². The first kappa shape index (κ1) is 17.5. The highest BCUT2D eigenvalue weighted by Gasteiger charge is 2.16. The summed E-state index contributed by atoms with van der Waals surface area (Å²) in [6.07, 6.45) is 0. The van der Waals surface area contributed by atoms with Gasteiger partial charge in [-0.25, -0.2) is 0 Å². The van der Waals surface area contributed by atoms with Crippen LogP contribution in [0.2, 0.25) is 0 Å². The maximum absolute atomic E-state index is 9.29. The number of oxazole rings is 1. The molecule has 8 nitrogen and oxygen atoms in total. The highest BCUT2D eigenvalue weighted by atomic mass is 16.7. The third kappa shape index (κ3) is 3.78. The Morgan fingerprint density at radius 2 is 1.89 bits per heavy atom. The summed E-state index contributed by atoms with van der Waals surface area (Å²) in [5, 5.41) is 12.4. The number of nitriles is 1. The molecule has 0 atom stereocenters. The van der Waals surface area contributed by atoms with E-state index < -0.39 is 0 Å². The van der Waals surface area contributed by atoms with Gasteiger partial charge in [0.2, 0.25) is 24.3 Å². The van der Waals surface area contributed by atoms with E-state index in [-0.39, 0.29) is 19.1 Å². The lowest BCUT2D eigenvalue weighted by Crippen LogP contribution is -2.00. The van der Waals surface area contributed by atoms with Crippen molar-refractivity contribution in [2.45, 2.75) is 13.2 Å². The molecule has 1 N–H and O–H groups in total. The van der Waals surface area contributed by atoms with E-state index in [0.29, 0.717) is 29.8 Å². The van der Waals surface area contributed by atoms with Crippen molar-refractivity contribution in [3.8, 4) is 29.1 Å². The van der Waals surface area contributed by atoms with Gasteiger partial charge in [-0.3, -0.25) is 0 Å². The average Bonchev–Trinajstić information content (AvgIpc) is 3.37. The van der Waals surface area contributed by atoms with E-state index in [4.69, 9.17) is 23.4 Å². The van der Waals surface area contributed by atoms with Gasteiger partial charge in [-0.05, 0) is 42.0 Å². The van der Waals surface area contributed by atoms with Gasteiger partial charge in [0.1, 0.15) is 17.6 Å². The average molecular weight is 379 g/mol. The van der Waals surface area contributed by atoms with Crippen LogP contribution in [0.1, 0.15) is 17.1 Å². The molecule has 0 amide bonds. The summed E-state index contributed by atoms with van der Waals surface area (Å²) < 4.78 is 27.0. The normalized spacial score (nSPS) is 11.7. The van der Waals surface area contributed by atoms with Gasteiger partial charge >= 0.3 is 0 Å². The number of nitrogens with one attached hydrogen (secondary N) is 1. The minimum Gasteiger partial charge on any atom is -0.497 e. The number of ether oxygens (including phenoxy) is 4. The Labute approximate surface area is 161 Å². The molecular formula is C20H17N3O5. The quantitative estimate of drug-likeness (QED) is 0.666. The number of aromatic nitrogens is 1. The minimum atomic E-state index is 0.104. The number of methoxy groups -OCH3 is 1. The molecule has 0 aliphatic carbocycles. The topological polar surface area (TPSA) is 98.8 Å². The summed E-state index contributed by atoms with van der Waals surface area (Å²) in [5.74, 6) is 3.41. The molecule has 0 fully saturated rings. The van der Waals surface area contributed by atoms with Crippen molar-refractivity contribution in [1.82, 2.24) is 4.98 Å². The summed E-state index contributed by atoms with van der Waals surface area (Å²) >= 11 is 0. The third-order valence-electron chi connectivity index (χ3n) is 4.09. The van der Waals surface area contributed by atoms with Crippen molar-refractivity contribution >= 4 is 5.88 Å². The first-order valence-electron chi connectivity index (χ1n) is 8.54. The van der Waals surface area contributed by atoms with Gasteiger partial charge in [-0.15, -0.1) is 0 Å². The van der Waals surface area contributed by atoms with Crippen LogP contribution >= 0.6 is 0 Å². The third-order valence-corrected chi connectivity index (χ3v) is 4.09. The summed E-state index contributed by atoms with van der Waals surface area (Å²) in [5.41, 5.74) is 1.13. The molecule has 1 aliphatic rings. The second kappa shape index (κ2) is 7.80. The van der Waals surface area contributed by atoms with E-state index in [1.807, 2.05) is 24.3 Å². The van der Waals surface area contributed by atoms with Gasteiger partial charge in [0, 0.05) is 6.54 Å². The molecule has 2 heterocycles. The maximum Gasteiger partial charge on any atom is 0.236 e. The number of nitrogens with zero attached hydrogens (tertiary/aromatic N) is 2. The van der Waals surface area contributed by atoms with Gasteiger partial charge < -0.3 is 28.7 Å². The molecule has 0 saturated heterocycles. The van der Waals surface area contributed by atoms with Gasteiger partial charge in [0.25, 0.3) is 0 Å². The largest absolute Gasteiger partial charge is 0.497 e. The predicted molar refractivity (Wildman–Crippen MR) is 98.4 cm³/mol. The maximum atomic E-state index is 9.29. The molecule has 0 unspecified atom stereocenters. The Morgan fingerprint density at radius 1 is 1.11 bits per heavy atom. The molecule has 3 aromatic rings. The number of hydrogen-bond donors (Lipinski definition) is 1. The Kier molecular flexibility index (Phi) is 4.89. The zero-order chi connectivity index (χ0) is 19.3. The lowest BCUT2D eigenvalue weighted by molar-refractivity contribution is 0.174. The van der Waals surface area contributed by atoms with Crippen LogP contribution in [0.25, 0.3) is 0 Å². The fourth-order valence-electron chi connectivity index (χ4n) is 2.67. The molecule has 0 saturated carbocycles. The standard InChI is InChI=1S/C20H17N3O5/c1-24-14-3-5-15(6-4-14)25-11-19-23-16(9-21)20(28-19)22-10-13-2-7-17-18(8-13)27-12-26-17/h2-8,22H,10-12H2,1H3. The second-order valence-corrected chi connectivity index (χ2v) is 5.90. The first-order valence-corrected chi connectivity index (χ1v) is 8.54. The Bertz CT molecular complexity index is 1010. The first-order chi connectivity index (χ1) is 13.7. The van der Waals surface area contributed by atoms with Gasteiger partial charge in [0.15, 0.2) is 18.1 Å². The van der Waals surface area contributed by atoms with E-state index in [0.717, 1.165) is 17.1 Å². The van der Waals surface area contributed by atoms with Crippen molar-refractivity contribution in [3.63, 3.8) is 0 Å². The zero-order valence-corrected chi connectivity index (χ0v) is 15.1. The van der Waals surface area contributed by atoms with Crippen molar-refractivity contribution in [2.24, 2.45) is 0 Å². The van der Waals surface area contributed by atoms with Crippen LogP contribution in [-0.2, 0) is 13.2 Å². The molecule has 142 valence electrons. The molecule has 1 aliphatic heterocycles. The molecular weight excluding hydrogens is 362 g/mol. The van der Waals surface area contributed by atoms with Crippen LogP contribution in [0.15, 0.2) is 46.9 Å². The Morgan fingerprint density at radius 3 is 2.68 bits per heavy atom. The Balaban J connectivity index is 1.39. The SMILES string of the molecule is COc1ccc(OCc2nc(C#N)c(NCc3ccc4c(c3)OCO4)o2)cc1. The fraction of sp³-hybridized carbons (Fsp3) is 0.200. The lowest BCUT2D eigenvalue weighted by Gasteiger charge is -2.05. The van der Waals surface area contributed by atoms with Gasteiger partial charge in [0.05, 0.1) is 7.11 Å². The molecule has 0 radical (unpaired) electrons. The Hall–Kier alpha value is -3.86.